The molecular weight excluding hydrogens is 464 g/mol. The van der Waals surface area contributed by atoms with Gasteiger partial charge < -0.3 is 35.5 Å². The highest BCUT2D eigenvalue weighted by atomic mass is 16.4. The lowest BCUT2D eigenvalue weighted by molar-refractivity contribution is -0.137. The van der Waals surface area contributed by atoms with Crippen LogP contribution in [0.1, 0.15) is 24.0 Å². The average molecular weight is 489 g/mol. The summed E-state index contributed by atoms with van der Waals surface area (Å²) in [6.07, 6.45) is 1.17. The van der Waals surface area contributed by atoms with E-state index in [1.165, 1.54) is 0 Å². The van der Waals surface area contributed by atoms with Crippen LogP contribution in [0.15, 0.2) is 47.3 Å². The summed E-state index contributed by atoms with van der Waals surface area (Å²) in [5.41, 5.74) is 3.18. The van der Waals surface area contributed by atoms with Crippen molar-refractivity contribution in [3.8, 4) is 11.8 Å². The van der Waals surface area contributed by atoms with Crippen LogP contribution in [0, 0.1) is 11.8 Å². The first-order valence-corrected chi connectivity index (χ1v) is 11.5. The summed E-state index contributed by atoms with van der Waals surface area (Å²) in [5.74, 6) is 4.06. The molecule has 3 aromatic rings. The van der Waals surface area contributed by atoms with E-state index in [-0.39, 0.29) is 17.8 Å². The molecule has 2 aromatic carbocycles. The zero-order chi connectivity index (χ0) is 25.2. The lowest BCUT2D eigenvalue weighted by Crippen LogP contribution is -2.54. The monoisotopic (exact) mass is 488 g/mol. The molecule has 0 bridgehead atoms. The number of carbonyl (C=O) groups excluding carboxylic acids is 2. The van der Waals surface area contributed by atoms with Crippen molar-refractivity contribution in [3.05, 3.63) is 64.1 Å². The number of amides is 4. The van der Waals surface area contributed by atoms with E-state index in [4.69, 9.17) is 0 Å². The van der Waals surface area contributed by atoms with Gasteiger partial charge >= 0.3 is 23.7 Å². The summed E-state index contributed by atoms with van der Waals surface area (Å²) in [6.45, 7) is 1.29. The predicted octanol–water partition coefficient (Wildman–Crippen LogP) is 1.88. The number of hydrogen-bond acceptors (Lipinski definition) is 4. The van der Waals surface area contributed by atoms with Crippen LogP contribution >= 0.6 is 0 Å². The zero-order valence-electron chi connectivity index (χ0n) is 19.2. The minimum atomic E-state index is -1.40. The number of imidazole rings is 1. The number of aliphatic carboxylic acids is 1. The number of aromatic amines is 2. The molecule has 36 heavy (non-hydrogen) atoms. The van der Waals surface area contributed by atoms with Gasteiger partial charge in [-0.05, 0) is 42.7 Å². The number of benzene rings is 2. The van der Waals surface area contributed by atoms with Crippen molar-refractivity contribution in [2.75, 3.05) is 18.4 Å². The van der Waals surface area contributed by atoms with E-state index in [1.807, 2.05) is 24.3 Å². The van der Waals surface area contributed by atoms with Crippen LogP contribution < -0.4 is 16.3 Å². The number of aromatic nitrogens is 2. The number of fused-ring (bicyclic) bond motifs is 2. The highest BCUT2D eigenvalue weighted by Crippen LogP contribution is 2.27. The number of nitrogens with zero attached hydrogens (tertiary/aromatic N) is 2. The number of H-pyrrole nitrogens is 2. The molecule has 2 aliphatic heterocycles. The number of nitrogens with one attached hydrogen (secondary N) is 4. The van der Waals surface area contributed by atoms with Gasteiger partial charge in [0.25, 0.3) is 0 Å². The summed E-state index contributed by atoms with van der Waals surface area (Å²) in [4.78, 5) is 57.0. The van der Waals surface area contributed by atoms with Gasteiger partial charge in [0.15, 0.2) is 6.04 Å². The Hall–Kier alpha value is -4.72. The molecule has 5 rings (SSSR count). The van der Waals surface area contributed by atoms with Crippen molar-refractivity contribution < 1.29 is 19.5 Å². The van der Waals surface area contributed by atoms with E-state index in [0.29, 0.717) is 49.1 Å². The third-order valence-corrected chi connectivity index (χ3v) is 6.44. The second-order valence-electron chi connectivity index (χ2n) is 8.76. The van der Waals surface area contributed by atoms with E-state index in [2.05, 4.69) is 32.4 Å². The number of hydrogen-bond donors (Lipinski definition) is 5. The molecular formula is C25H24N6O5. The minimum absolute atomic E-state index is 0.0211. The Bertz CT molecular complexity index is 1460. The molecule has 4 amide bonds. The molecule has 1 aromatic heterocycles. The van der Waals surface area contributed by atoms with Crippen LogP contribution in [0.5, 0.6) is 0 Å². The third-order valence-electron chi connectivity index (χ3n) is 6.44. The fourth-order valence-corrected chi connectivity index (χ4v) is 4.54. The van der Waals surface area contributed by atoms with E-state index in [1.54, 1.807) is 28.0 Å². The topological polar surface area (TPSA) is 151 Å². The van der Waals surface area contributed by atoms with Crippen LogP contribution in [0.3, 0.4) is 0 Å². The van der Waals surface area contributed by atoms with Crippen molar-refractivity contribution in [2.24, 2.45) is 0 Å². The number of piperidine rings is 1. The first-order valence-electron chi connectivity index (χ1n) is 11.5. The molecule has 2 aliphatic rings. The van der Waals surface area contributed by atoms with Crippen molar-refractivity contribution in [1.82, 2.24) is 25.1 Å². The van der Waals surface area contributed by atoms with Crippen molar-refractivity contribution in [2.45, 2.75) is 31.5 Å². The molecule has 0 unspecified atom stereocenters. The Morgan fingerprint density at radius 3 is 2.58 bits per heavy atom. The average Bonchev–Trinajstić information content (AvgIpc) is 3.25. The van der Waals surface area contributed by atoms with E-state index in [9.17, 15) is 24.3 Å². The van der Waals surface area contributed by atoms with Gasteiger partial charge in [0.1, 0.15) is 0 Å². The summed E-state index contributed by atoms with van der Waals surface area (Å²) < 4.78 is 0. The quantitative estimate of drug-likeness (QED) is 0.357. The summed E-state index contributed by atoms with van der Waals surface area (Å²) in [5, 5.41) is 14.9. The summed E-state index contributed by atoms with van der Waals surface area (Å²) in [6, 6.07) is 10.5. The van der Waals surface area contributed by atoms with Gasteiger partial charge in [-0.1, -0.05) is 30.0 Å². The normalized spacial score (nSPS) is 16.5. The number of carboxylic acids is 1. The Labute approximate surface area is 205 Å². The molecule has 1 fully saturated rings. The molecule has 5 N–H and O–H groups in total. The van der Waals surface area contributed by atoms with Gasteiger partial charge in [-0.25, -0.2) is 19.2 Å². The molecule has 0 radical (unpaired) electrons. The summed E-state index contributed by atoms with van der Waals surface area (Å²) >= 11 is 0. The molecule has 1 saturated heterocycles. The Morgan fingerprint density at radius 1 is 1.06 bits per heavy atom. The van der Waals surface area contributed by atoms with Crippen LogP contribution in [0.4, 0.5) is 15.3 Å². The number of carbonyl (C=O) groups is 3. The molecule has 11 heteroatoms. The molecule has 1 atom stereocenters. The van der Waals surface area contributed by atoms with Gasteiger partial charge in [0.2, 0.25) is 0 Å². The maximum Gasteiger partial charge on any atom is 0.338 e. The lowest BCUT2D eigenvalue weighted by atomic mass is 10.0. The SMILES string of the molecule is O=C(O)[C@@H](C#Cc1ccc2[nH]c(=O)[nH]c2c1)NC(=O)N1CCC(N2Cc3ccccc3NC2=O)CC1. The van der Waals surface area contributed by atoms with Crippen LogP contribution in [-0.2, 0) is 11.3 Å². The number of likely N-dealkylation sites (tertiary alicyclic amines) is 1. The van der Waals surface area contributed by atoms with E-state index in [0.717, 1.165) is 11.3 Å². The second kappa shape index (κ2) is 9.50. The van der Waals surface area contributed by atoms with Crippen LogP contribution in [-0.4, -0.2) is 68.1 Å². The van der Waals surface area contributed by atoms with Gasteiger partial charge in [0, 0.05) is 36.9 Å². The van der Waals surface area contributed by atoms with E-state index < -0.39 is 18.0 Å². The standard InChI is InChI=1S/C25H24N6O5/c32-22(33)20(8-6-15-5-7-19-21(13-15)27-23(34)26-19)29-24(35)30-11-9-17(10-12-30)31-14-16-3-1-2-4-18(16)28-25(31)36/h1-5,7,13,17,20H,9-12,14H2,(H,28,36)(H,29,35)(H,32,33)(H2,26,27,34)/t20-/m1/s1. The van der Waals surface area contributed by atoms with Crippen LogP contribution in [0.2, 0.25) is 0 Å². The molecule has 0 aliphatic carbocycles. The molecule has 184 valence electrons. The zero-order valence-corrected chi connectivity index (χ0v) is 19.2. The van der Waals surface area contributed by atoms with Crippen LogP contribution in [0.25, 0.3) is 11.0 Å². The van der Waals surface area contributed by atoms with Gasteiger partial charge in [0.05, 0.1) is 11.0 Å². The molecule has 0 spiro atoms. The predicted molar refractivity (Wildman–Crippen MR) is 131 cm³/mol. The highest BCUT2D eigenvalue weighted by Gasteiger charge is 2.33. The summed E-state index contributed by atoms with van der Waals surface area (Å²) in [7, 11) is 0. The first kappa shape index (κ1) is 23.0. The largest absolute Gasteiger partial charge is 0.479 e. The van der Waals surface area contributed by atoms with Gasteiger partial charge in [-0.15, -0.1) is 0 Å². The smallest absolute Gasteiger partial charge is 0.338 e. The number of rotatable bonds is 3. The lowest BCUT2D eigenvalue weighted by Gasteiger charge is -2.40. The number of urea groups is 2. The minimum Gasteiger partial charge on any atom is -0.479 e. The fourth-order valence-electron chi connectivity index (χ4n) is 4.54. The third kappa shape index (κ3) is 4.74. The maximum absolute atomic E-state index is 12.8. The second-order valence-corrected chi connectivity index (χ2v) is 8.76. The Balaban J connectivity index is 1.19. The first-order chi connectivity index (χ1) is 17.4. The molecule has 3 heterocycles. The number of anilines is 1. The maximum atomic E-state index is 12.8. The van der Waals surface area contributed by atoms with Crippen molar-refractivity contribution >= 4 is 34.8 Å². The van der Waals surface area contributed by atoms with Gasteiger partial charge in [-0.2, -0.15) is 0 Å². The molecule has 0 saturated carbocycles. The Kier molecular flexibility index (Phi) is 6.08. The molecule has 11 nitrogen and oxygen atoms in total. The Morgan fingerprint density at radius 2 is 1.81 bits per heavy atom. The van der Waals surface area contributed by atoms with Gasteiger partial charge in [-0.3, -0.25) is 0 Å². The van der Waals surface area contributed by atoms with Crippen molar-refractivity contribution in [1.29, 1.82) is 0 Å². The fraction of sp³-hybridized carbons (Fsp3) is 0.280. The van der Waals surface area contributed by atoms with E-state index >= 15 is 0 Å². The highest BCUT2D eigenvalue weighted by molar-refractivity contribution is 5.92. The number of para-hydroxylation sites is 1. The van der Waals surface area contributed by atoms with Crippen molar-refractivity contribution in [3.63, 3.8) is 0 Å². The number of carboxylic acid groups (broad SMARTS) is 1.